The van der Waals surface area contributed by atoms with Crippen LogP contribution in [0.2, 0.25) is 0 Å². The Kier molecular flexibility index (Phi) is 5.48. The van der Waals surface area contributed by atoms with Gasteiger partial charge in [-0.2, -0.15) is 0 Å². The summed E-state index contributed by atoms with van der Waals surface area (Å²) < 4.78 is 0. The summed E-state index contributed by atoms with van der Waals surface area (Å²) in [6, 6.07) is 0.556. The van der Waals surface area contributed by atoms with E-state index in [1.54, 1.807) is 7.05 Å². The highest BCUT2D eigenvalue weighted by atomic mass is 16.2. The molecule has 19 heavy (non-hydrogen) atoms. The number of carbonyl (C=O) groups excluding carboxylic acids is 1. The quantitative estimate of drug-likeness (QED) is 0.395. The lowest BCUT2D eigenvalue weighted by Crippen LogP contribution is -2.46. The lowest BCUT2D eigenvalue weighted by atomic mass is 9.96. The first-order valence-corrected chi connectivity index (χ1v) is 7.54. The van der Waals surface area contributed by atoms with Gasteiger partial charge < -0.3 is 16.0 Å². The molecule has 0 aromatic heterocycles. The molecule has 0 aromatic rings. The van der Waals surface area contributed by atoms with Gasteiger partial charge in [-0.3, -0.25) is 9.79 Å². The highest BCUT2D eigenvalue weighted by Gasteiger charge is 2.28. The Balaban J connectivity index is 1.57. The molecule has 3 N–H and O–H groups in total. The molecule has 2 aliphatic rings. The van der Waals surface area contributed by atoms with E-state index >= 15 is 0 Å². The fraction of sp³-hybridized carbons (Fsp3) is 0.857. The molecule has 2 fully saturated rings. The van der Waals surface area contributed by atoms with Crippen LogP contribution in [0, 0.1) is 5.92 Å². The van der Waals surface area contributed by atoms with E-state index < -0.39 is 0 Å². The summed E-state index contributed by atoms with van der Waals surface area (Å²) in [4.78, 5) is 15.7. The smallest absolute Gasteiger partial charge is 0.223 e. The normalized spacial score (nSPS) is 21.0. The average molecular weight is 266 g/mol. The summed E-state index contributed by atoms with van der Waals surface area (Å²) in [7, 11) is 1.79. The van der Waals surface area contributed by atoms with E-state index in [1.165, 1.54) is 32.1 Å². The van der Waals surface area contributed by atoms with Gasteiger partial charge in [0.05, 0.1) is 0 Å². The maximum absolute atomic E-state index is 11.5. The van der Waals surface area contributed by atoms with Crippen LogP contribution in [0.4, 0.5) is 0 Å². The van der Waals surface area contributed by atoms with Gasteiger partial charge in [0.25, 0.3) is 0 Å². The van der Waals surface area contributed by atoms with Crippen LogP contribution >= 0.6 is 0 Å². The van der Waals surface area contributed by atoms with Crippen molar-refractivity contribution in [2.45, 2.75) is 51.0 Å². The summed E-state index contributed by atoms with van der Waals surface area (Å²) in [5.74, 6) is 1.35. The molecular weight excluding hydrogens is 240 g/mol. The number of hydrogen-bond donors (Lipinski definition) is 3. The molecule has 2 aliphatic carbocycles. The molecule has 0 aromatic carbocycles. The van der Waals surface area contributed by atoms with E-state index in [9.17, 15) is 4.79 Å². The molecule has 0 heterocycles. The molecule has 1 amide bonds. The minimum atomic E-state index is 0.206. The van der Waals surface area contributed by atoms with Crippen molar-refractivity contribution in [2.75, 3.05) is 20.1 Å². The van der Waals surface area contributed by atoms with Gasteiger partial charge in [-0.25, -0.2) is 0 Å². The monoisotopic (exact) mass is 266 g/mol. The van der Waals surface area contributed by atoms with Crippen molar-refractivity contribution in [3.8, 4) is 0 Å². The number of rotatable bonds is 5. The fourth-order valence-electron chi connectivity index (χ4n) is 2.49. The van der Waals surface area contributed by atoms with Gasteiger partial charge in [0, 0.05) is 32.1 Å². The van der Waals surface area contributed by atoms with Crippen molar-refractivity contribution in [1.82, 2.24) is 16.0 Å². The predicted octanol–water partition coefficient (Wildman–Crippen LogP) is 1.01. The molecule has 5 heteroatoms. The average Bonchev–Trinajstić information content (AvgIpc) is 3.27. The first-order chi connectivity index (χ1) is 9.29. The second-order valence-corrected chi connectivity index (χ2v) is 5.54. The first kappa shape index (κ1) is 14.2. The number of hydrogen-bond acceptors (Lipinski definition) is 2. The number of nitrogens with zero attached hydrogens (tertiary/aromatic N) is 1. The van der Waals surface area contributed by atoms with Gasteiger partial charge in [0.15, 0.2) is 5.96 Å². The summed E-state index contributed by atoms with van der Waals surface area (Å²) >= 11 is 0. The summed E-state index contributed by atoms with van der Waals surface area (Å²) in [6.07, 6.45) is 8.57. The van der Waals surface area contributed by atoms with Crippen LogP contribution in [0.25, 0.3) is 0 Å². The molecule has 2 saturated carbocycles. The topological polar surface area (TPSA) is 65.5 Å². The summed E-state index contributed by atoms with van der Waals surface area (Å²) in [6.45, 7) is 1.39. The summed E-state index contributed by atoms with van der Waals surface area (Å²) in [5.41, 5.74) is 0. The third kappa shape index (κ3) is 5.09. The van der Waals surface area contributed by atoms with E-state index in [0.29, 0.717) is 18.5 Å². The zero-order valence-corrected chi connectivity index (χ0v) is 11.9. The van der Waals surface area contributed by atoms with Gasteiger partial charge in [0.1, 0.15) is 0 Å². The molecular formula is C14H26N4O. The fourth-order valence-corrected chi connectivity index (χ4v) is 2.49. The van der Waals surface area contributed by atoms with Crippen molar-refractivity contribution in [2.24, 2.45) is 10.9 Å². The van der Waals surface area contributed by atoms with Gasteiger partial charge in [-0.15, -0.1) is 0 Å². The number of amides is 1. The largest absolute Gasteiger partial charge is 0.355 e. The minimum absolute atomic E-state index is 0.206. The van der Waals surface area contributed by atoms with E-state index in [4.69, 9.17) is 0 Å². The maximum atomic E-state index is 11.5. The van der Waals surface area contributed by atoms with Gasteiger partial charge in [0.2, 0.25) is 5.91 Å². The molecule has 0 atom stereocenters. The van der Waals surface area contributed by atoms with Gasteiger partial charge >= 0.3 is 0 Å². The second kappa shape index (κ2) is 7.36. The molecule has 0 bridgehead atoms. The van der Waals surface area contributed by atoms with E-state index in [-0.39, 0.29) is 5.91 Å². The van der Waals surface area contributed by atoms with Crippen LogP contribution in [-0.2, 0) is 4.79 Å². The van der Waals surface area contributed by atoms with Crippen LogP contribution < -0.4 is 16.0 Å². The zero-order chi connectivity index (χ0) is 13.5. The Morgan fingerprint density at radius 1 is 1.05 bits per heavy atom. The van der Waals surface area contributed by atoms with E-state index in [2.05, 4.69) is 20.9 Å². The Bertz CT molecular complexity index is 319. The number of guanidine groups is 1. The predicted molar refractivity (Wildman–Crippen MR) is 77.1 cm³/mol. The van der Waals surface area contributed by atoms with Crippen molar-refractivity contribution in [3.05, 3.63) is 0 Å². The Labute approximate surface area is 115 Å². The summed E-state index contributed by atoms with van der Waals surface area (Å²) in [5, 5.41) is 9.65. The van der Waals surface area contributed by atoms with Crippen LogP contribution in [-0.4, -0.2) is 38.0 Å². The van der Waals surface area contributed by atoms with Crippen molar-refractivity contribution >= 4 is 11.9 Å². The molecule has 0 radical (unpaired) electrons. The van der Waals surface area contributed by atoms with Crippen molar-refractivity contribution in [3.63, 3.8) is 0 Å². The molecule has 5 nitrogen and oxygen atoms in total. The molecule has 0 unspecified atom stereocenters. The molecule has 0 spiro atoms. The van der Waals surface area contributed by atoms with Gasteiger partial charge in [-0.1, -0.05) is 19.3 Å². The third-order valence-corrected chi connectivity index (χ3v) is 3.83. The zero-order valence-electron chi connectivity index (χ0n) is 11.9. The van der Waals surface area contributed by atoms with Crippen LogP contribution in [0.3, 0.4) is 0 Å². The van der Waals surface area contributed by atoms with E-state index in [1.807, 2.05) is 0 Å². The van der Waals surface area contributed by atoms with Crippen molar-refractivity contribution in [1.29, 1.82) is 0 Å². The van der Waals surface area contributed by atoms with E-state index in [0.717, 1.165) is 25.3 Å². The number of aliphatic imine (C=N–C) groups is 1. The minimum Gasteiger partial charge on any atom is -0.355 e. The Morgan fingerprint density at radius 3 is 2.37 bits per heavy atom. The SMILES string of the molecule is CN=C(NCCNC(=O)C1CC1)NC1CCCCC1. The Hall–Kier alpha value is -1.26. The highest BCUT2D eigenvalue weighted by molar-refractivity contribution is 5.81. The maximum Gasteiger partial charge on any atom is 0.223 e. The number of carbonyl (C=O) groups is 1. The second-order valence-electron chi connectivity index (χ2n) is 5.54. The van der Waals surface area contributed by atoms with Crippen molar-refractivity contribution < 1.29 is 4.79 Å². The molecule has 2 rings (SSSR count). The third-order valence-electron chi connectivity index (χ3n) is 3.83. The van der Waals surface area contributed by atoms with Crippen LogP contribution in [0.5, 0.6) is 0 Å². The molecule has 108 valence electrons. The highest BCUT2D eigenvalue weighted by Crippen LogP contribution is 2.28. The lowest BCUT2D eigenvalue weighted by molar-refractivity contribution is -0.122. The van der Waals surface area contributed by atoms with Crippen LogP contribution in [0.15, 0.2) is 4.99 Å². The molecule has 0 saturated heterocycles. The van der Waals surface area contributed by atoms with Gasteiger partial charge in [-0.05, 0) is 25.7 Å². The first-order valence-electron chi connectivity index (χ1n) is 7.54. The van der Waals surface area contributed by atoms with Crippen LogP contribution in [0.1, 0.15) is 44.9 Å². The standard InChI is InChI=1S/C14H26N4O/c1-15-14(18-12-5-3-2-4-6-12)17-10-9-16-13(19)11-7-8-11/h11-12H,2-10H2,1H3,(H,16,19)(H2,15,17,18). The lowest BCUT2D eigenvalue weighted by Gasteiger charge is -2.24. The Morgan fingerprint density at radius 2 is 1.74 bits per heavy atom. The molecule has 0 aliphatic heterocycles. The number of nitrogens with one attached hydrogen (secondary N) is 3.